The summed E-state index contributed by atoms with van der Waals surface area (Å²) < 4.78 is 5.44. The van der Waals surface area contributed by atoms with E-state index in [-0.39, 0.29) is 18.1 Å². The molecule has 1 atom stereocenters. The molecule has 172 valence electrons. The van der Waals surface area contributed by atoms with Gasteiger partial charge in [-0.3, -0.25) is 4.79 Å². The molecule has 0 aromatic heterocycles. The molecule has 0 fully saturated rings. The molecule has 5 nitrogen and oxygen atoms in total. The fourth-order valence-corrected chi connectivity index (χ4v) is 4.84. The predicted molar refractivity (Wildman–Crippen MR) is 134 cm³/mol. The van der Waals surface area contributed by atoms with Crippen molar-refractivity contribution >= 4 is 41.0 Å². The van der Waals surface area contributed by atoms with Gasteiger partial charge in [0.25, 0.3) is 5.91 Å². The van der Waals surface area contributed by atoms with Crippen LogP contribution in [0.25, 0.3) is 0 Å². The van der Waals surface area contributed by atoms with E-state index < -0.39 is 0 Å². The molecule has 0 aliphatic carbocycles. The summed E-state index contributed by atoms with van der Waals surface area (Å²) in [5.74, 6) is 0.481. The second-order valence-corrected chi connectivity index (χ2v) is 9.84. The largest absolute Gasteiger partial charge is 0.482 e. The highest BCUT2D eigenvalue weighted by Gasteiger charge is 2.36. The van der Waals surface area contributed by atoms with Gasteiger partial charge in [-0.05, 0) is 86.6 Å². The number of fused-ring (bicyclic) bond motifs is 1. The predicted octanol–water partition coefficient (Wildman–Crippen LogP) is 6.33. The lowest BCUT2D eigenvalue weighted by Gasteiger charge is -2.48. The van der Waals surface area contributed by atoms with Gasteiger partial charge >= 0.3 is 0 Å². The van der Waals surface area contributed by atoms with Crippen LogP contribution in [-0.2, 0) is 4.79 Å². The minimum absolute atomic E-state index is 0.130. The average Bonchev–Trinajstić information content (AvgIpc) is 2.71. The Kier molecular flexibility index (Phi) is 7.73. The molecule has 3 rings (SSSR count). The van der Waals surface area contributed by atoms with Gasteiger partial charge in [0.1, 0.15) is 5.75 Å². The Hall–Kier alpha value is -2.24. The van der Waals surface area contributed by atoms with Gasteiger partial charge in [0.05, 0.1) is 11.2 Å². The SMILES string of the molecule is CCCN1c2cc(C)c(/C=N/NC(=O)COc3ccc(Cl)cc3Cl)cc2C(C)CC1(C)C. The van der Waals surface area contributed by atoms with Gasteiger partial charge in [-0.15, -0.1) is 0 Å². The van der Waals surface area contributed by atoms with Crippen LogP contribution in [0.3, 0.4) is 0 Å². The lowest BCUT2D eigenvalue weighted by Crippen LogP contribution is -2.48. The smallest absolute Gasteiger partial charge is 0.277 e. The number of rotatable bonds is 7. The lowest BCUT2D eigenvalue weighted by atomic mass is 9.79. The molecule has 1 aliphatic heterocycles. The van der Waals surface area contributed by atoms with Crippen molar-refractivity contribution in [2.45, 2.75) is 58.9 Å². The quantitative estimate of drug-likeness (QED) is 0.375. The third-order valence-corrected chi connectivity index (χ3v) is 6.40. The maximum atomic E-state index is 12.1. The summed E-state index contributed by atoms with van der Waals surface area (Å²) in [7, 11) is 0. The van der Waals surface area contributed by atoms with E-state index in [2.05, 4.69) is 62.2 Å². The van der Waals surface area contributed by atoms with Gasteiger partial charge in [-0.2, -0.15) is 5.10 Å². The molecule has 1 amide bonds. The first kappa shape index (κ1) is 24.4. The van der Waals surface area contributed by atoms with Crippen molar-refractivity contribution in [3.05, 3.63) is 57.1 Å². The zero-order valence-corrected chi connectivity index (χ0v) is 20.8. The molecule has 1 unspecified atom stereocenters. The highest BCUT2D eigenvalue weighted by atomic mass is 35.5. The van der Waals surface area contributed by atoms with E-state index in [1.807, 2.05) is 0 Å². The van der Waals surface area contributed by atoms with Crippen molar-refractivity contribution in [2.24, 2.45) is 5.10 Å². The van der Waals surface area contributed by atoms with Gasteiger partial charge in [-0.1, -0.05) is 37.0 Å². The van der Waals surface area contributed by atoms with Crippen LogP contribution >= 0.6 is 23.2 Å². The van der Waals surface area contributed by atoms with Crippen LogP contribution < -0.4 is 15.1 Å². The summed E-state index contributed by atoms with van der Waals surface area (Å²) in [6, 6.07) is 9.30. The Morgan fingerprint density at radius 1 is 1.31 bits per heavy atom. The number of nitrogens with one attached hydrogen (secondary N) is 1. The Balaban J connectivity index is 1.68. The number of benzene rings is 2. The number of hydrogen-bond acceptors (Lipinski definition) is 4. The van der Waals surface area contributed by atoms with Crippen molar-refractivity contribution < 1.29 is 9.53 Å². The summed E-state index contributed by atoms with van der Waals surface area (Å²) in [6.07, 6.45) is 3.90. The van der Waals surface area contributed by atoms with Crippen LogP contribution in [0.1, 0.15) is 63.1 Å². The third-order valence-electron chi connectivity index (χ3n) is 5.87. The first-order chi connectivity index (χ1) is 15.1. The number of hydrogen-bond donors (Lipinski definition) is 1. The number of halogens is 2. The molecule has 1 N–H and O–H groups in total. The Bertz CT molecular complexity index is 1020. The van der Waals surface area contributed by atoms with Crippen LogP contribution in [0.15, 0.2) is 35.4 Å². The molecule has 0 saturated heterocycles. The Morgan fingerprint density at radius 2 is 2.06 bits per heavy atom. The van der Waals surface area contributed by atoms with Crippen molar-refractivity contribution in [1.29, 1.82) is 0 Å². The molecule has 0 spiro atoms. The molecule has 32 heavy (non-hydrogen) atoms. The number of ether oxygens (including phenoxy) is 1. The third kappa shape index (κ3) is 5.57. The molecule has 0 bridgehead atoms. The van der Waals surface area contributed by atoms with Crippen molar-refractivity contribution in [1.82, 2.24) is 5.43 Å². The standard InChI is InChI=1S/C25H31Cl2N3O2/c1-6-9-30-22-10-16(2)18(11-20(22)17(3)13-25(30,4)5)14-28-29-24(31)15-32-23-8-7-19(26)12-21(23)27/h7-8,10-12,14,17H,6,9,13,15H2,1-5H3,(H,29,31)/b28-14+. The van der Waals surface area contributed by atoms with E-state index in [0.29, 0.717) is 21.7 Å². The van der Waals surface area contributed by atoms with Gasteiger partial charge in [-0.25, -0.2) is 5.43 Å². The van der Waals surface area contributed by atoms with Crippen molar-refractivity contribution in [3.8, 4) is 5.75 Å². The monoisotopic (exact) mass is 475 g/mol. The summed E-state index contributed by atoms with van der Waals surface area (Å²) in [5.41, 5.74) is 7.40. The van der Waals surface area contributed by atoms with Crippen LogP contribution in [0.2, 0.25) is 10.0 Å². The fourth-order valence-electron chi connectivity index (χ4n) is 4.38. The number of nitrogens with zero attached hydrogens (tertiary/aromatic N) is 2. The molecular weight excluding hydrogens is 445 g/mol. The molecule has 7 heteroatoms. The van der Waals surface area contributed by atoms with Crippen LogP contribution in [0, 0.1) is 6.92 Å². The maximum Gasteiger partial charge on any atom is 0.277 e. The van der Waals surface area contributed by atoms with Crippen molar-refractivity contribution in [3.63, 3.8) is 0 Å². The first-order valence-electron chi connectivity index (χ1n) is 10.9. The highest BCUT2D eigenvalue weighted by molar-refractivity contribution is 6.35. The van der Waals surface area contributed by atoms with Crippen molar-refractivity contribution in [2.75, 3.05) is 18.1 Å². The zero-order chi connectivity index (χ0) is 23.5. The van der Waals surface area contributed by atoms with Crippen LogP contribution in [0.4, 0.5) is 5.69 Å². The number of carbonyl (C=O) groups is 1. The maximum absolute atomic E-state index is 12.1. The van der Waals surface area contributed by atoms with E-state index in [4.69, 9.17) is 27.9 Å². The van der Waals surface area contributed by atoms with E-state index in [0.717, 1.165) is 30.5 Å². The number of anilines is 1. The van der Waals surface area contributed by atoms with Crippen LogP contribution in [0.5, 0.6) is 5.75 Å². The molecule has 1 heterocycles. The topological polar surface area (TPSA) is 53.9 Å². The summed E-state index contributed by atoms with van der Waals surface area (Å²) in [6.45, 7) is 12.1. The van der Waals surface area contributed by atoms with E-state index in [1.165, 1.54) is 11.3 Å². The lowest BCUT2D eigenvalue weighted by molar-refractivity contribution is -0.123. The number of amides is 1. The van der Waals surface area contributed by atoms with E-state index >= 15 is 0 Å². The Labute approximate surface area is 200 Å². The normalized spacial score (nSPS) is 17.3. The zero-order valence-electron chi connectivity index (χ0n) is 19.3. The first-order valence-corrected chi connectivity index (χ1v) is 11.7. The second-order valence-electron chi connectivity index (χ2n) is 8.99. The summed E-state index contributed by atoms with van der Waals surface area (Å²) >= 11 is 11.9. The van der Waals surface area contributed by atoms with Gasteiger partial charge in [0.15, 0.2) is 6.61 Å². The van der Waals surface area contributed by atoms with E-state index in [1.54, 1.807) is 24.4 Å². The molecule has 2 aromatic carbocycles. The summed E-state index contributed by atoms with van der Waals surface area (Å²) in [4.78, 5) is 14.6. The van der Waals surface area contributed by atoms with Gasteiger partial charge in [0.2, 0.25) is 0 Å². The molecular formula is C25H31Cl2N3O2. The molecule has 2 aromatic rings. The number of hydrazone groups is 1. The molecule has 1 aliphatic rings. The highest BCUT2D eigenvalue weighted by Crippen LogP contribution is 2.44. The Morgan fingerprint density at radius 3 is 2.75 bits per heavy atom. The molecule has 0 radical (unpaired) electrons. The molecule has 0 saturated carbocycles. The minimum atomic E-state index is -0.368. The van der Waals surface area contributed by atoms with Gasteiger partial charge < -0.3 is 9.64 Å². The fraction of sp³-hybridized carbons (Fsp3) is 0.440. The van der Waals surface area contributed by atoms with Crippen LogP contribution in [-0.4, -0.2) is 30.8 Å². The second kappa shape index (κ2) is 10.1. The van der Waals surface area contributed by atoms with E-state index in [9.17, 15) is 4.79 Å². The van der Waals surface area contributed by atoms with Gasteiger partial charge in [0, 0.05) is 22.8 Å². The average molecular weight is 476 g/mol. The number of carbonyl (C=O) groups excluding carboxylic acids is 1. The summed E-state index contributed by atoms with van der Waals surface area (Å²) in [5, 5.41) is 5.00. The minimum Gasteiger partial charge on any atom is -0.482 e. The number of aryl methyl sites for hydroxylation is 1.